The minimum atomic E-state index is -0.624. The van der Waals surface area contributed by atoms with Crippen molar-refractivity contribution >= 4 is 15.9 Å². The zero-order chi connectivity index (χ0) is 15.4. The van der Waals surface area contributed by atoms with Gasteiger partial charge in [-0.05, 0) is 39.3 Å². The molecule has 6 nitrogen and oxygen atoms in total. The highest BCUT2D eigenvalue weighted by atomic mass is 79.9. The first-order chi connectivity index (χ1) is 10.0. The van der Waals surface area contributed by atoms with E-state index in [1.54, 1.807) is 7.11 Å². The summed E-state index contributed by atoms with van der Waals surface area (Å²) in [5.74, 6) is -0.833. The molecule has 0 spiro atoms. The van der Waals surface area contributed by atoms with Gasteiger partial charge in [0.25, 0.3) is 0 Å². The van der Waals surface area contributed by atoms with Crippen LogP contribution in [0.25, 0.3) is 5.69 Å². The Morgan fingerprint density at radius 1 is 1.38 bits per heavy atom. The molecule has 0 aliphatic carbocycles. The fourth-order valence-corrected chi connectivity index (χ4v) is 2.09. The lowest BCUT2D eigenvalue weighted by molar-refractivity contribution is 0.196. The van der Waals surface area contributed by atoms with E-state index in [0.717, 1.165) is 12.1 Å². The van der Waals surface area contributed by atoms with Crippen LogP contribution in [-0.2, 0) is 4.74 Å². The van der Waals surface area contributed by atoms with Crippen molar-refractivity contribution in [2.24, 2.45) is 0 Å². The average Bonchev–Trinajstić information content (AvgIpc) is 2.92. The zero-order valence-electron chi connectivity index (χ0n) is 11.5. The lowest BCUT2D eigenvalue weighted by atomic mass is 10.2. The molecule has 0 aliphatic rings. The molecule has 1 aromatic heterocycles. The molecule has 0 bridgehead atoms. The minimum absolute atomic E-state index is 0.0453. The Kier molecular flexibility index (Phi) is 5.32. The second-order valence-electron chi connectivity index (χ2n) is 4.34. The van der Waals surface area contributed by atoms with Crippen LogP contribution in [0.15, 0.2) is 16.6 Å². The summed E-state index contributed by atoms with van der Waals surface area (Å²) in [7, 11) is 1.59. The van der Waals surface area contributed by atoms with Gasteiger partial charge in [0.1, 0.15) is 17.3 Å². The summed E-state index contributed by atoms with van der Waals surface area (Å²) >= 11 is 2.93. The third-order valence-electron chi connectivity index (χ3n) is 2.86. The number of aromatic nitrogens is 4. The molecule has 0 radical (unpaired) electrons. The summed E-state index contributed by atoms with van der Waals surface area (Å²) in [5.41, 5.74) is -0.0453. The first-order valence-corrected chi connectivity index (χ1v) is 6.99. The van der Waals surface area contributed by atoms with Gasteiger partial charge in [0.15, 0.2) is 5.82 Å². The number of tetrazole rings is 1. The number of methoxy groups -OCH3 is 1. The summed E-state index contributed by atoms with van der Waals surface area (Å²) in [5, 5.41) is 14.3. The molecule has 0 saturated carbocycles. The Balaban J connectivity index is 2.30. The number of rotatable bonds is 6. The first-order valence-electron chi connectivity index (χ1n) is 6.20. The van der Waals surface area contributed by atoms with Gasteiger partial charge in [-0.1, -0.05) is 0 Å². The molecule has 1 heterocycles. The summed E-state index contributed by atoms with van der Waals surface area (Å²) in [4.78, 5) is 0. The van der Waals surface area contributed by atoms with Crippen molar-refractivity contribution in [2.45, 2.75) is 13.0 Å². The Labute approximate surface area is 128 Å². The van der Waals surface area contributed by atoms with Crippen LogP contribution in [0.2, 0.25) is 0 Å². The molecule has 2 rings (SSSR count). The Bertz CT molecular complexity index is 622. The van der Waals surface area contributed by atoms with Gasteiger partial charge >= 0.3 is 0 Å². The largest absolute Gasteiger partial charge is 0.383 e. The van der Waals surface area contributed by atoms with Gasteiger partial charge in [-0.15, -0.1) is 5.10 Å². The van der Waals surface area contributed by atoms with Crippen LogP contribution in [0.1, 0.15) is 18.8 Å². The molecule has 0 fully saturated rings. The third-order valence-corrected chi connectivity index (χ3v) is 3.46. The smallest absolute Gasteiger partial charge is 0.173 e. The lowest BCUT2D eigenvalue weighted by Crippen LogP contribution is -2.25. The van der Waals surface area contributed by atoms with Crippen LogP contribution in [-0.4, -0.2) is 40.5 Å². The number of nitrogens with one attached hydrogen (secondary N) is 1. The molecule has 9 heteroatoms. The maximum Gasteiger partial charge on any atom is 0.173 e. The Morgan fingerprint density at radius 3 is 2.86 bits per heavy atom. The van der Waals surface area contributed by atoms with Crippen LogP contribution in [0.3, 0.4) is 0 Å². The van der Waals surface area contributed by atoms with E-state index in [4.69, 9.17) is 4.74 Å². The molecule has 1 N–H and O–H groups in total. The monoisotopic (exact) mass is 361 g/mol. The highest BCUT2D eigenvalue weighted by molar-refractivity contribution is 9.10. The fourth-order valence-electron chi connectivity index (χ4n) is 1.78. The number of ether oxygens (including phenoxy) is 1. The molecule has 0 amide bonds. The van der Waals surface area contributed by atoms with Crippen LogP contribution in [0.4, 0.5) is 8.78 Å². The molecule has 1 aromatic carbocycles. The van der Waals surface area contributed by atoms with E-state index in [2.05, 4.69) is 36.8 Å². The van der Waals surface area contributed by atoms with Crippen molar-refractivity contribution in [2.75, 3.05) is 20.3 Å². The van der Waals surface area contributed by atoms with E-state index in [-0.39, 0.29) is 16.2 Å². The summed E-state index contributed by atoms with van der Waals surface area (Å²) < 4.78 is 33.8. The number of hydrogen-bond donors (Lipinski definition) is 1. The summed E-state index contributed by atoms with van der Waals surface area (Å²) in [6.07, 6.45) is 0. The van der Waals surface area contributed by atoms with Gasteiger partial charge in [0.05, 0.1) is 17.1 Å². The highest BCUT2D eigenvalue weighted by Gasteiger charge is 2.19. The van der Waals surface area contributed by atoms with E-state index in [1.807, 2.05) is 6.92 Å². The minimum Gasteiger partial charge on any atom is -0.383 e. The first kappa shape index (κ1) is 15.9. The van der Waals surface area contributed by atoms with E-state index in [1.165, 1.54) is 4.68 Å². The molecule has 0 saturated heterocycles. The van der Waals surface area contributed by atoms with Crippen molar-refractivity contribution < 1.29 is 13.5 Å². The second-order valence-corrected chi connectivity index (χ2v) is 5.19. The number of halogens is 3. The topological polar surface area (TPSA) is 64.9 Å². The number of benzene rings is 1. The maximum atomic E-state index is 14.0. The van der Waals surface area contributed by atoms with Gasteiger partial charge in [-0.25, -0.2) is 8.78 Å². The molecular formula is C12H14BrF2N5O. The fraction of sp³-hybridized carbons (Fsp3) is 0.417. The standard InChI is InChI=1S/C12H14BrF2N5O/c1-7(16-3-4-21-2)12-17-18-19-20(12)11-6-9(14)8(13)5-10(11)15/h5-7,16H,3-4H2,1-2H3. The molecule has 1 atom stereocenters. The third kappa shape index (κ3) is 3.60. The zero-order valence-corrected chi connectivity index (χ0v) is 13.1. The quantitative estimate of drug-likeness (QED) is 0.629. The van der Waals surface area contributed by atoms with Gasteiger partial charge in [-0.2, -0.15) is 4.68 Å². The van der Waals surface area contributed by atoms with Gasteiger partial charge < -0.3 is 10.1 Å². The predicted octanol–water partition coefficient (Wildman–Crippen LogP) is 2.00. The van der Waals surface area contributed by atoms with Gasteiger partial charge in [0.2, 0.25) is 0 Å². The van der Waals surface area contributed by atoms with E-state index >= 15 is 0 Å². The van der Waals surface area contributed by atoms with Crippen molar-refractivity contribution in [3.05, 3.63) is 34.1 Å². The van der Waals surface area contributed by atoms with Crippen molar-refractivity contribution in [1.82, 2.24) is 25.5 Å². The van der Waals surface area contributed by atoms with Gasteiger partial charge in [-0.3, -0.25) is 0 Å². The summed E-state index contributed by atoms with van der Waals surface area (Å²) in [6, 6.07) is 1.83. The highest BCUT2D eigenvalue weighted by Crippen LogP contribution is 2.23. The van der Waals surface area contributed by atoms with E-state index in [9.17, 15) is 8.78 Å². The predicted molar refractivity (Wildman–Crippen MR) is 75.1 cm³/mol. The maximum absolute atomic E-state index is 14.0. The average molecular weight is 362 g/mol. The molecule has 0 aliphatic heterocycles. The van der Waals surface area contributed by atoms with E-state index < -0.39 is 11.6 Å². The molecule has 21 heavy (non-hydrogen) atoms. The molecule has 114 valence electrons. The SMILES string of the molecule is COCCNC(C)c1nnnn1-c1cc(F)c(Br)cc1F. The molecular weight excluding hydrogens is 348 g/mol. The van der Waals surface area contributed by atoms with Crippen LogP contribution in [0.5, 0.6) is 0 Å². The molecule has 1 unspecified atom stereocenters. The Hall–Kier alpha value is -1.45. The number of hydrogen-bond acceptors (Lipinski definition) is 5. The summed E-state index contributed by atoms with van der Waals surface area (Å²) in [6.45, 7) is 2.93. The lowest BCUT2D eigenvalue weighted by Gasteiger charge is -2.13. The van der Waals surface area contributed by atoms with Gasteiger partial charge in [0, 0.05) is 19.7 Å². The molecule has 2 aromatic rings. The van der Waals surface area contributed by atoms with Crippen LogP contribution >= 0.6 is 15.9 Å². The van der Waals surface area contributed by atoms with Crippen molar-refractivity contribution in [3.63, 3.8) is 0 Å². The normalized spacial score (nSPS) is 12.6. The van der Waals surface area contributed by atoms with Crippen molar-refractivity contribution in [3.8, 4) is 5.69 Å². The van der Waals surface area contributed by atoms with Crippen LogP contribution < -0.4 is 5.32 Å². The Morgan fingerprint density at radius 2 is 2.14 bits per heavy atom. The second kappa shape index (κ2) is 7.01. The van der Waals surface area contributed by atoms with Crippen LogP contribution in [0, 0.1) is 11.6 Å². The number of nitrogens with zero attached hydrogens (tertiary/aromatic N) is 4. The van der Waals surface area contributed by atoms with Crippen molar-refractivity contribution in [1.29, 1.82) is 0 Å². The van der Waals surface area contributed by atoms with E-state index in [0.29, 0.717) is 19.0 Å².